The maximum Gasteiger partial charge on any atom is 0.189 e. The number of ether oxygens (including phenoxy) is 1. The second-order valence-corrected chi connectivity index (χ2v) is 4.87. The molecular weight excluding hydrogens is 280 g/mol. The molecular formula is C14H19BrO2. The van der Waals surface area contributed by atoms with E-state index in [1.54, 1.807) is 0 Å². The molecule has 0 atom stereocenters. The van der Waals surface area contributed by atoms with Crippen LogP contribution in [0, 0.1) is 0 Å². The lowest BCUT2D eigenvalue weighted by molar-refractivity contribution is 0.0751. The average molecular weight is 299 g/mol. The summed E-state index contributed by atoms with van der Waals surface area (Å²) in [6.45, 7) is 3.03. The summed E-state index contributed by atoms with van der Waals surface area (Å²) in [6.07, 6.45) is 4.67. The third-order valence-electron chi connectivity index (χ3n) is 2.55. The molecule has 94 valence electrons. The van der Waals surface area contributed by atoms with E-state index in [0.29, 0.717) is 12.2 Å². The molecule has 2 nitrogen and oxygen atoms in total. The van der Waals surface area contributed by atoms with Crippen LogP contribution in [0.5, 0.6) is 0 Å². The molecule has 1 rings (SSSR count). The summed E-state index contributed by atoms with van der Waals surface area (Å²) in [7, 11) is 0. The van der Waals surface area contributed by atoms with Gasteiger partial charge in [-0.3, -0.25) is 4.79 Å². The Morgan fingerprint density at radius 2 is 2.00 bits per heavy atom. The van der Waals surface area contributed by atoms with Gasteiger partial charge in [0.1, 0.15) is 6.61 Å². The summed E-state index contributed by atoms with van der Waals surface area (Å²) in [4.78, 5) is 11.8. The first-order chi connectivity index (χ1) is 8.25. The quantitative estimate of drug-likeness (QED) is 0.530. The SMILES string of the molecule is CCCCCCOCC(=O)c1ccccc1Br. The second-order valence-electron chi connectivity index (χ2n) is 4.02. The highest BCUT2D eigenvalue weighted by molar-refractivity contribution is 9.10. The van der Waals surface area contributed by atoms with E-state index in [4.69, 9.17) is 4.74 Å². The van der Waals surface area contributed by atoms with Crippen LogP contribution < -0.4 is 0 Å². The Hall–Kier alpha value is -0.670. The zero-order chi connectivity index (χ0) is 12.5. The molecule has 0 fully saturated rings. The fourth-order valence-corrected chi connectivity index (χ4v) is 2.07. The minimum absolute atomic E-state index is 0.0352. The molecule has 3 heteroatoms. The first-order valence-electron chi connectivity index (χ1n) is 6.11. The first-order valence-corrected chi connectivity index (χ1v) is 6.90. The van der Waals surface area contributed by atoms with Crippen LogP contribution in [-0.4, -0.2) is 19.0 Å². The standard InChI is InChI=1S/C14H19BrO2/c1-2-3-4-7-10-17-11-14(16)12-8-5-6-9-13(12)15/h5-6,8-9H,2-4,7,10-11H2,1H3. The minimum atomic E-state index is 0.0352. The van der Waals surface area contributed by atoms with E-state index in [-0.39, 0.29) is 12.4 Å². The van der Waals surface area contributed by atoms with Gasteiger partial charge in [0.2, 0.25) is 0 Å². The largest absolute Gasteiger partial charge is 0.373 e. The van der Waals surface area contributed by atoms with Crippen molar-refractivity contribution in [2.24, 2.45) is 0 Å². The Balaban J connectivity index is 2.24. The van der Waals surface area contributed by atoms with E-state index < -0.39 is 0 Å². The predicted molar refractivity (Wildman–Crippen MR) is 73.4 cm³/mol. The van der Waals surface area contributed by atoms with Crippen LogP contribution >= 0.6 is 15.9 Å². The molecule has 0 saturated carbocycles. The lowest BCUT2D eigenvalue weighted by Gasteiger charge is -2.05. The van der Waals surface area contributed by atoms with Gasteiger partial charge in [0.05, 0.1) is 0 Å². The van der Waals surface area contributed by atoms with Gasteiger partial charge in [-0.15, -0.1) is 0 Å². The molecule has 0 saturated heterocycles. The minimum Gasteiger partial charge on any atom is -0.373 e. The predicted octanol–water partition coefficient (Wildman–Crippen LogP) is 4.23. The number of halogens is 1. The molecule has 0 amide bonds. The van der Waals surface area contributed by atoms with Crippen molar-refractivity contribution in [2.75, 3.05) is 13.2 Å². The maximum atomic E-state index is 11.8. The van der Waals surface area contributed by atoms with Gasteiger partial charge in [0, 0.05) is 16.6 Å². The van der Waals surface area contributed by atoms with Gasteiger partial charge in [-0.25, -0.2) is 0 Å². The van der Waals surface area contributed by atoms with Crippen molar-refractivity contribution >= 4 is 21.7 Å². The summed E-state index contributed by atoms with van der Waals surface area (Å²) in [5.41, 5.74) is 0.695. The Morgan fingerprint density at radius 1 is 1.24 bits per heavy atom. The first kappa shape index (κ1) is 14.4. The highest BCUT2D eigenvalue weighted by atomic mass is 79.9. The van der Waals surface area contributed by atoms with Crippen molar-refractivity contribution in [3.63, 3.8) is 0 Å². The van der Waals surface area contributed by atoms with Crippen molar-refractivity contribution < 1.29 is 9.53 Å². The van der Waals surface area contributed by atoms with Crippen LogP contribution in [0.4, 0.5) is 0 Å². The Kier molecular flexibility index (Phi) is 7.13. The fraction of sp³-hybridized carbons (Fsp3) is 0.500. The summed E-state index contributed by atoms with van der Waals surface area (Å²) in [5.74, 6) is 0.0352. The average Bonchev–Trinajstić information content (AvgIpc) is 2.34. The van der Waals surface area contributed by atoms with Crippen molar-refractivity contribution in [3.8, 4) is 0 Å². The number of benzene rings is 1. The smallest absolute Gasteiger partial charge is 0.189 e. The molecule has 1 aromatic carbocycles. The van der Waals surface area contributed by atoms with Gasteiger partial charge >= 0.3 is 0 Å². The van der Waals surface area contributed by atoms with Crippen LogP contribution in [0.2, 0.25) is 0 Å². The van der Waals surface area contributed by atoms with Crippen molar-refractivity contribution in [2.45, 2.75) is 32.6 Å². The third-order valence-corrected chi connectivity index (χ3v) is 3.24. The number of carbonyl (C=O) groups is 1. The van der Waals surface area contributed by atoms with Crippen LogP contribution in [0.1, 0.15) is 43.0 Å². The molecule has 0 bridgehead atoms. The summed E-state index contributed by atoms with van der Waals surface area (Å²) >= 11 is 3.36. The molecule has 0 aliphatic rings. The van der Waals surface area contributed by atoms with Crippen LogP contribution in [0.15, 0.2) is 28.7 Å². The fourth-order valence-electron chi connectivity index (χ4n) is 1.56. The van der Waals surface area contributed by atoms with Gasteiger partial charge in [0.15, 0.2) is 5.78 Å². The second kappa shape index (κ2) is 8.43. The van der Waals surface area contributed by atoms with Gasteiger partial charge in [0.25, 0.3) is 0 Å². The van der Waals surface area contributed by atoms with E-state index in [0.717, 1.165) is 10.9 Å². The molecule has 17 heavy (non-hydrogen) atoms. The van der Waals surface area contributed by atoms with E-state index in [1.165, 1.54) is 19.3 Å². The molecule has 0 aliphatic carbocycles. The monoisotopic (exact) mass is 298 g/mol. The third kappa shape index (κ3) is 5.46. The van der Waals surface area contributed by atoms with Gasteiger partial charge in [-0.2, -0.15) is 0 Å². The molecule has 0 N–H and O–H groups in total. The van der Waals surface area contributed by atoms with E-state index in [2.05, 4.69) is 22.9 Å². The molecule has 1 aromatic rings. The number of hydrogen-bond acceptors (Lipinski definition) is 2. The normalized spacial score (nSPS) is 10.5. The zero-order valence-corrected chi connectivity index (χ0v) is 11.8. The topological polar surface area (TPSA) is 26.3 Å². The van der Waals surface area contributed by atoms with Crippen LogP contribution in [0.3, 0.4) is 0 Å². The Labute approximate surface area is 111 Å². The van der Waals surface area contributed by atoms with Gasteiger partial charge < -0.3 is 4.74 Å². The lowest BCUT2D eigenvalue weighted by Crippen LogP contribution is -2.10. The molecule has 0 aromatic heterocycles. The van der Waals surface area contributed by atoms with Gasteiger partial charge in [-0.05, 0) is 12.5 Å². The van der Waals surface area contributed by atoms with Crippen LogP contribution in [-0.2, 0) is 4.74 Å². The Morgan fingerprint density at radius 3 is 2.71 bits per heavy atom. The van der Waals surface area contributed by atoms with Crippen LogP contribution in [0.25, 0.3) is 0 Å². The number of ketones is 1. The molecule has 0 aliphatic heterocycles. The number of hydrogen-bond donors (Lipinski definition) is 0. The van der Waals surface area contributed by atoms with E-state index in [1.807, 2.05) is 24.3 Å². The zero-order valence-electron chi connectivity index (χ0n) is 10.2. The highest BCUT2D eigenvalue weighted by Crippen LogP contribution is 2.16. The number of rotatable bonds is 8. The number of unbranched alkanes of at least 4 members (excludes halogenated alkanes) is 3. The molecule has 0 spiro atoms. The maximum absolute atomic E-state index is 11.8. The Bertz CT molecular complexity index is 350. The lowest BCUT2D eigenvalue weighted by atomic mass is 10.1. The molecule has 0 heterocycles. The molecule has 0 radical (unpaired) electrons. The van der Waals surface area contributed by atoms with E-state index in [9.17, 15) is 4.79 Å². The van der Waals surface area contributed by atoms with Crippen molar-refractivity contribution in [3.05, 3.63) is 34.3 Å². The van der Waals surface area contributed by atoms with Crippen molar-refractivity contribution in [1.29, 1.82) is 0 Å². The highest BCUT2D eigenvalue weighted by Gasteiger charge is 2.08. The van der Waals surface area contributed by atoms with Crippen molar-refractivity contribution in [1.82, 2.24) is 0 Å². The molecule has 0 unspecified atom stereocenters. The summed E-state index contributed by atoms with van der Waals surface area (Å²) < 4.78 is 6.21. The van der Waals surface area contributed by atoms with E-state index >= 15 is 0 Å². The van der Waals surface area contributed by atoms with Gasteiger partial charge in [-0.1, -0.05) is 60.3 Å². The summed E-state index contributed by atoms with van der Waals surface area (Å²) in [6, 6.07) is 7.44. The number of carbonyl (C=O) groups excluding carboxylic acids is 1. The number of Topliss-reactive ketones (excluding diaryl/α,β-unsaturated/α-hetero) is 1. The summed E-state index contributed by atoms with van der Waals surface area (Å²) in [5, 5.41) is 0.